The van der Waals surface area contributed by atoms with Gasteiger partial charge in [-0.2, -0.15) is 5.10 Å². The fourth-order valence-corrected chi connectivity index (χ4v) is 4.16. The number of nitrogens with one attached hydrogen (secondary N) is 1. The van der Waals surface area contributed by atoms with Crippen molar-refractivity contribution in [2.75, 3.05) is 13.1 Å². The molecule has 1 aliphatic carbocycles. The molecule has 1 N–H and O–H groups in total. The molecule has 0 unspecified atom stereocenters. The van der Waals surface area contributed by atoms with Crippen molar-refractivity contribution >= 4 is 24.8 Å². The van der Waals surface area contributed by atoms with Crippen LogP contribution < -0.4 is 11.0 Å². The molecule has 5 rings (SSSR count). The van der Waals surface area contributed by atoms with Crippen molar-refractivity contribution in [1.82, 2.24) is 29.2 Å². The van der Waals surface area contributed by atoms with Gasteiger partial charge in [0.2, 0.25) is 0 Å². The van der Waals surface area contributed by atoms with Gasteiger partial charge in [-0.25, -0.2) is 19.0 Å². The van der Waals surface area contributed by atoms with Crippen LogP contribution in [0.4, 0.5) is 0 Å². The van der Waals surface area contributed by atoms with Gasteiger partial charge in [-0.1, -0.05) is 18.2 Å². The van der Waals surface area contributed by atoms with Crippen molar-refractivity contribution in [3.05, 3.63) is 64.9 Å². The second kappa shape index (κ2) is 9.81. The van der Waals surface area contributed by atoms with Gasteiger partial charge in [0.25, 0.3) is 0 Å². The molecule has 3 aromatic rings. The van der Waals surface area contributed by atoms with E-state index < -0.39 is 0 Å². The molecule has 0 spiro atoms. The number of piperidine rings is 1. The van der Waals surface area contributed by atoms with E-state index in [9.17, 15) is 4.79 Å². The van der Waals surface area contributed by atoms with E-state index in [0.717, 1.165) is 49.6 Å². The van der Waals surface area contributed by atoms with Crippen LogP contribution in [0.25, 0.3) is 5.69 Å². The van der Waals surface area contributed by atoms with Crippen molar-refractivity contribution in [3.8, 4) is 5.69 Å². The van der Waals surface area contributed by atoms with Gasteiger partial charge in [-0.05, 0) is 56.8 Å². The summed E-state index contributed by atoms with van der Waals surface area (Å²) in [6.45, 7) is 2.55. The first-order valence-corrected chi connectivity index (χ1v) is 10.2. The van der Waals surface area contributed by atoms with Crippen LogP contribution in [0.5, 0.6) is 0 Å². The monoisotopic (exact) mass is 450 g/mol. The highest BCUT2D eigenvalue weighted by atomic mass is 35.5. The minimum Gasteiger partial charge on any atom is -0.330 e. The van der Waals surface area contributed by atoms with E-state index in [1.54, 1.807) is 9.25 Å². The van der Waals surface area contributed by atoms with Crippen LogP contribution in [0.1, 0.15) is 43.2 Å². The van der Waals surface area contributed by atoms with Crippen molar-refractivity contribution in [1.29, 1.82) is 0 Å². The van der Waals surface area contributed by atoms with Gasteiger partial charge in [0.1, 0.15) is 5.82 Å². The second-order valence-electron chi connectivity index (χ2n) is 7.95. The molecule has 1 aromatic carbocycles. The third-order valence-corrected chi connectivity index (χ3v) is 5.85. The second-order valence-corrected chi connectivity index (χ2v) is 7.95. The number of aromatic nitrogens is 5. The highest BCUT2D eigenvalue weighted by Gasteiger charge is 2.26. The summed E-state index contributed by atoms with van der Waals surface area (Å²) in [7, 11) is 0. The van der Waals surface area contributed by atoms with Crippen molar-refractivity contribution in [2.45, 2.75) is 44.7 Å². The Labute approximate surface area is 188 Å². The van der Waals surface area contributed by atoms with E-state index in [0.29, 0.717) is 18.5 Å². The molecule has 3 heterocycles. The molecule has 0 amide bonds. The van der Waals surface area contributed by atoms with E-state index >= 15 is 0 Å². The highest BCUT2D eigenvalue weighted by Crippen LogP contribution is 2.35. The Bertz CT molecular complexity index is 1000. The maximum atomic E-state index is 13.3. The zero-order valence-corrected chi connectivity index (χ0v) is 18.4. The fraction of sp³-hybridized carbons (Fsp3) is 0.476. The van der Waals surface area contributed by atoms with Crippen LogP contribution in [0.15, 0.2) is 47.7 Å². The first-order chi connectivity index (χ1) is 13.8. The Balaban J connectivity index is 0.00000128. The molecular formula is C21H28Cl2N6O. The average molecular weight is 451 g/mol. The molecule has 1 saturated heterocycles. The van der Waals surface area contributed by atoms with Crippen LogP contribution in [-0.4, -0.2) is 37.0 Å². The third-order valence-electron chi connectivity index (χ3n) is 5.85. The van der Waals surface area contributed by atoms with E-state index in [2.05, 4.69) is 14.9 Å². The lowest BCUT2D eigenvalue weighted by Gasteiger charge is -2.22. The smallest absolute Gasteiger partial charge is 0.330 e. The molecule has 30 heavy (non-hydrogen) atoms. The molecule has 9 heteroatoms. The number of benzene rings is 1. The van der Waals surface area contributed by atoms with Crippen LogP contribution in [0.3, 0.4) is 0 Å². The lowest BCUT2D eigenvalue weighted by Crippen LogP contribution is -2.29. The Morgan fingerprint density at radius 1 is 1.03 bits per heavy atom. The topological polar surface area (TPSA) is 69.7 Å². The third kappa shape index (κ3) is 4.63. The van der Waals surface area contributed by atoms with Crippen molar-refractivity contribution < 1.29 is 0 Å². The fourth-order valence-electron chi connectivity index (χ4n) is 4.16. The maximum Gasteiger partial charge on any atom is 0.350 e. The summed E-state index contributed by atoms with van der Waals surface area (Å²) in [5, 5.41) is 8.19. The van der Waals surface area contributed by atoms with Gasteiger partial charge in [0.15, 0.2) is 0 Å². The normalized spacial score (nSPS) is 16.7. The summed E-state index contributed by atoms with van der Waals surface area (Å²) >= 11 is 0. The molecule has 2 aliphatic rings. The molecule has 2 fully saturated rings. The predicted molar refractivity (Wildman–Crippen MR) is 121 cm³/mol. The zero-order valence-electron chi connectivity index (χ0n) is 16.8. The molecule has 1 saturated carbocycles. The number of nitrogens with zero attached hydrogens (tertiary/aromatic N) is 5. The van der Waals surface area contributed by atoms with Crippen LogP contribution in [0.2, 0.25) is 0 Å². The molecule has 1 aliphatic heterocycles. The van der Waals surface area contributed by atoms with Gasteiger partial charge < -0.3 is 9.88 Å². The summed E-state index contributed by atoms with van der Waals surface area (Å²) < 4.78 is 5.60. The summed E-state index contributed by atoms with van der Waals surface area (Å²) in [5.74, 6) is 1.43. The number of halogens is 2. The largest absolute Gasteiger partial charge is 0.350 e. The van der Waals surface area contributed by atoms with Crippen LogP contribution >= 0.6 is 24.8 Å². The quantitative estimate of drug-likeness (QED) is 0.626. The molecule has 0 radical (unpaired) electrons. The summed E-state index contributed by atoms with van der Waals surface area (Å²) in [6.07, 6.45) is 9.21. The summed E-state index contributed by atoms with van der Waals surface area (Å²) in [4.78, 5) is 17.6. The Morgan fingerprint density at radius 2 is 1.77 bits per heavy atom. The predicted octanol–water partition coefficient (Wildman–Crippen LogP) is 3.00. The molecule has 7 nitrogen and oxygen atoms in total. The van der Waals surface area contributed by atoms with Crippen molar-refractivity contribution in [2.24, 2.45) is 5.92 Å². The molecule has 2 aromatic heterocycles. The number of rotatable bonds is 6. The van der Waals surface area contributed by atoms with E-state index in [-0.39, 0.29) is 30.5 Å². The minimum absolute atomic E-state index is 0. The SMILES string of the molecule is Cl.Cl.O=c1n(Cc2cncn2C2CC2)nc(CC2CCNCC2)n1-c1ccccc1. The van der Waals surface area contributed by atoms with Gasteiger partial charge in [0.05, 0.1) is 30.5 Å². The summed E-state index contributed by atoms with van der Waals surface area (Å²) in [5.41, 5.74) is 1.87. The Kier molecular flexibility index (Phi) is 7.39. The lowest BCUT2D eigenvalue weighted by molar-refractivity contribution is 0.365. The van der Waals surface area contributed by atoms with Gasteiger partial charge in [0, 0.05) is 12.5 Å². The van der Waals surface area contributed by atoms with Crippen LogP contribution in [0, 0.1) is 5.92 Å². The van der Waals surface area contributed by atoms with Crippen LogP contribution in [-0.2, 0) is 13.0 Å². The number of para-hydroxylation sites is 1. The van der Waals surface area contributed by atoms with Gasteiger partial charge in [-0.3, -0.25) is 0 Å². The minimum atomic E-state index is -0.0707. The number of hydrogen-bond acceptors (Lipinski definition) is 4. The Hall–Kier alpha value is -2.09. The number of hydrogen-bond donors (Lipinski definition) is 1. The average Bonchev–Trinajstić information content (AvgIpc) is 3.39. The summed E-state index contributed by atoms with van der Waals surface area (Å²) in [6, 6.07) is 10.4. The van der Waals surface area contributed by atoms with E-state index in [4.69, 9.17) is 5.10 Å². The van der Waals surface area contributed by atoms with Crippen molar-refractivity contribution in [3.63, 3.8) is 0 Å². The maximum absolute atomic E-state index is 13.3. The zero-order chi connectivity index (χ0) is 18.9. The van der Waals surface area contributed by atoms with E-state index in [1.165, 1.54) is 12.8 Å². The van der Waals surface area contributed by atoms with Gasteiger partial charge >= 0.3 is 5.69 Å². The molecule has 0 bridgehead atoms. The lowest BCUT2D eigenvalue weighted by atomic mass is 9.94. The first-order valence-electron chi connectivity index (χ1n) is 10.2. The highest BCUT2D eigenvalue weighted by molar-refractivity contribution is 5.85. The number of imidazole rings is 1. The standard InChI is InChI=1S/C21H26N6O.2ClH/c28-21-26(14-19-13-23-15-25(19)17-6-7-17)24-20(12-16-8-10-22-11-9-16)27(21)18-4-2-1-3-5-18;;/h1-5,13,15-17,22H,6-12,14H2;2*1H. The van der Waals surface area contributed by atoms with Gasteiger partial charge in [-0.15, -0.1) is 24.8 Å². The Morgan fingerprint density at radius 3 is 2.47 bits per heavy atom. The van der Waals surface area contributed by atoms with E-state index in [1.807, 2.05) is 42.9 Å². The molecule has 0 atom stereocenters. The molecular weight excluding hydrogens is 423 g/mol. The molecule has 162 valence electrons. The first kappa shape index (κ1) is 22.6.